The summed E-state index contributed by atoms with van der Waals surface area (Å²) in [6.45, 7) is 1.21. The first kappa shape index (κ1) is 28.8. The Morgan fingerprint density at radius 2 is 1.68 bits per heavy atom. The summed E-state index contributed by atoms with van der Waals surface area (Å²) >= 11 is 1.43. The summed E-state index contributed by atoms with van der Waals surface area (Å²) in [4.78, 5) is 56.3. The van der Waals surface area contributed by atoms with E-state index in [9.17, 15) is 28.0 Å². The molecule has 0 spiro atoms. The zero-order valence-electron chi connectivity index (χ0n) is 22.9. The van der Waals surface area contributed by atoms with Crippen molar-refractivity contribution in [3.8, 4) is 11.1 Å². The molecule has 41 heavy (non-hydrogen) atoms. The Kier molecular flexibility index (Phi) is 8.72. The van der Waals surface area contributed by atoms with Crippen LogP contribution in [0.5, 0.6) is 0 Å². The van der Waals surface area contributed by atoms with Crippen LogP contribution in [0.2, 0.25) is 0 Å². The number of piperidine rings is 1. The lowest BCUT2D eigenvalue weighted by molar-refractivity contribution is -0.136. The summed E-state index contributed by atoms with van der Waals surface area (Å²) < 4.78 is 30.7. The molecule has 216 valence electrons. The fourth-order valence-electron chi connectivity index (χ4n) is 5.71. The SMILES string of the molecule is CSCCn1c(=O)c(-c2cccc(F)c2F)cn(CC(=O)N2CCC(N3CCc4ccccc4CC3=O)CC2)c1=O. The van der Waals surface area contributed by atoms with Crippen LogP contribution in [0.4, 0.5) is 8.78 Å². The lowest BCUT2D eigenvalue weighted by atomic mass is 10.0. The van der Waals surface area contributed by atoms with Crippen molar-refractivity contribution < 1.29 is 18.4 Å². The number of fused-ring (bicyclic) bond motifs is 1. The van der Waals surface area contributed by atoms with E-state index in [1.165, 1.54) is 29.5 Å². The molecule has 8 nitrogen and oxygen atoms in total. The third-order valence-corrected chi connectivity index (χ3v) is 8.55. The maximum atomic E-state index is 14.6. The monoisotopic (exact) mass is 582 g/mol. The number of likely N-dealkylation sites (tertiary alicyclic amines) is 1. The van der Waals surface area contributed by atoms with Crippen molar-refractivity contribution in [2.45, 2.75) is 44.8 Å². The second kappa shape index (κ2) is 12.4. The minimum Gasteiger partial charge on any atom is -0.341 e. The molecule has 0 radical (unpaired) electrons. The van der Waals surface area contributed by atoms with Gasteiger partial charge >= 0.3 is 5.69 Å². The summed E-state index contributed by atoms with van der Waals surface area (Å²) in [5.74, 6) is -2.07. The van der Waals surface area contributed by atoms with Gasteiger partial charge in [0.05, 0.1) is 12.0 Å². The van der Waals surface area contributed by atoms with Crippen molar-refractivity contribution in [3.63, 3.8) is 0 Å². The molecule has 2 amide bonds. The average molecular weight is 583 g/mol. The standard InChI is InChI=1S/C30H32F2N4O4S/c1-41-16-15-36-29(39)24(23-7-4-8-25(31)28(23)32)18-34(30(36)40)19-27(38)33-12-10-22(11-13-33)35-14-9-20-5-2-3-6-21(20)17-26(35)37/h2-8,18,22H,9-17,19H2,1H3. The number of hydrogen-bond donors (Lipinski definition) is 0. The van der Waals surface area contributed by atoms with Gasteiger partial charge in [-0.1, -0.05) is 36.4 Å². The molecule has 1 aromatic heterocycles. The molecule has 1 fully saturated rings. The van der Waals surface area contributed by atoms with Crippen LogP contribution in [0, 0.1) is 11.6 Å². The summed E-state index contributed by atoms with van der Waals surface area (Å²) in [6.07, 6.45) is 5.38. The molecule has 2 aliphatic heterocycles. The van der Waals surface area contributed by atoms with Gasteiger partial charge in [0.15, 0.2) is 11.6 Å². The summed E-state index contributed by atoms with van der Waals surface area (Å²) in [5.41, 5.74) is 0.395. The molecule has 3 aromatic rings. The first-order valence-corrected chi connectivity index (χ1v) is 15.1. The lowest BCUT2D eigenvalue weighted by Gasteiger charge is -2.38. The first-order chi connectivity index (χ1) is 19.8. The number of rotatable bonds is 7. The van der Waals surface area contributed by atoms with Crippen LogP contribution in [0.3, 0.4) is 0 Å². The lowest BCUT2D eigenvalue weighted by Crippen LogP contribution is -2.50. The second-order valence-corrected chi connectivity index (χ2v) is 11.4. The molecule has 1 saturated heterocycles. The number of carbonyl (C=O) groups excluding carboxylic acids is 2. The highest BCUT2D eigenvalue weighted by atomic mass is 32.2. The zero-order valence-corrected chi connectivity index (χ0v) is 23.7. The van der Waals surface area contributed by atoms with E-state index in [1.54, 1.807) is 4.90 Å². The van der Waals surface area contributed by atoms with Crippen LogP contribution in [-0.4, -0.2) is 68.4 Å². The van der Waals surface area contributed by atoms with Crippen molar-refractivity contribution in [1.82, 2.24) is 18.9 Å². The normalized spacial score (nSPS) is 16.0. The van der Waals surface area contributed by atoms with Gasteiger partial charge in [-0.25, -0.2) is 13.6 Å². The highest BCUT2D eigenvalue weighted by Gasteiger charge is 2.31. The summed E-state index contributed by atoms with van der Waals surface area (Å²) in [5, 5.41) is 0. The van der Waals surface area contributed by atoms with Gasteiger partial charge in [-0.05, 0) is 42.7 Å². The summed E-state index contributed by atoms with van der Waals surface area (Å²) in [6, 6.07) is 11.5. The number of thioether (sulfide) groups is 1. The fraction of sp³-hybridized carbons (Fsp3) is 0.400. The van der Waals surface area contributed by atoms with E-state index in [2.05, 4.69) is 6.07 Å². The first-order valence-electron chi connectivity index (χ1n) is 13.7. The van der Waals surface area contributed by atoms with Gasteiger partial charge in [0.25, 0.3) is 5.56 Å². The number of benzene rings is 2. The van der Waals surface area contributed by atoms with E-state index in [1.807, 2.05) is 29.4 Å². The van der Waals surface area contributed by atoms with Gasteiger partial charge in [0.2, 0.25) is 11.8 Å². The van der Waals surface area contributed by atoms with E-state index in [4.69, 9.17) is 0 Å². The van der Waals surface area contributed by atoms with E-state index in [-0.39, 0.29) is 42.1 Å². The van der Waals surface area contributed by atoms with Crippen molar-refractivity contribution >= 4 is 23.6 Å². The molecule has 0 N–H and O–H groups in total. The Balaban J connectivity index is 1.32. The predicted molar refractivity (Wildman–Crippen MR) is 154 cm³/mol. The van der Waals surface area contributed by atoms with Gasteiger partial charge < -0.3 is 9.80 Å². The number of nitrogens with zero attached hydrogens (tertiary/aromatic N) is 4. The van der Waals surface area contributed by atoms with Crippen molar-refractivity contribution in [2.75, 3.05) is 31.6 Å². The maximum Gasteiger partial charge on any atom is 0.331 e. The molecule has 0 unspecified atom stereocenters. The molecule has 5 rings (SSSR count). The molecule has 0 aliphatic carbocycles. The topological polar surface area (TPSA) is 84.6 Å². The number of aromatic nitrogens is 2. The van der Waals surface area contributed by atoms with Crippen molar-refractivity contribution in [3.05, 3.63) is 92.3 Å². The van der Waals surface area contributed by atoms with Crippen LogP contribution in [0.25, 0.3) is 11.1 Å². The molecule has 2 aliphatic rings. The Labute approximate surface area is 240 Å². The minimum atomic E-state index is -1.19. The third kappa shape index (κ3) is 6.00. The maximum absolute atomic E-state index is 14.6. The number of amides is 2. The Bertz CT molecular complexity index is 1580. The van der Waals surface area contributed by atoms with Gasteiger partial charge in [-0.3, -0.25) is 23.5 Å². The molecule has 0 saturated carbocycles. The van der Waals surface area contributed by atoms with Crippen molar-refractivity contribution in [2.24, 2.45) is 0 Å². The average Bonchev–Trinajstić information content (AvgIpc) is 3.14. The number of halogens is 2. The molecular weight excluding hydrogens is 550 g/mol. The van der Waals surface area contributed by atoms with Crippen LogP contribution < -0.4 is 11.2 Å². The molecule has 11 heteroatoms. The molecule has 3 heterocycles. The Morgan fingerprint density at radius 3 is 2.41 bits per heavy atom. The van der Waals surface area contributed by atoms with Gasteiger partial charge in [-0.2, -0.15) is 11.8 Å². The number of carbonyl (C=O) groups is 2. The largest absolute Gasteiger partial charge is 0.341 e. The molecule has 0 bridgehead atoms. The van der Waals surface area contributed by atoms with Crippen molar-refractivity contribution in [1.29, 1.82) is 0 Å². The van der Waals surface area contributed by atoms with E-state index < -0.39 is 22.9 Å². The van der Waals surface area contributed by atoms with Crippen LogP contribution >= 0.6 is 11.8 Å². The molecule has 2 aromatic carbocycles. The Hall–Kier alpha value is -3.73. The molecule has 0 atom stereocenters. The number of hydrogen-bond acceptors (Lipinski definition) is 5. The molecular formula is C30H32F2N4O4S. The van der Waals surface area contributed by atoms with Gasteiger partial charge in [-0.15, -0.1) is 0 Å². The van der Waals surface area contributed by atoms with Crippen LogP contribution in [-0.2, 0) is 35.5 Å². The Morgan fingerprint density at radius 1 is 0.951 bits per heavy atom. The minimum absolute atomic E-state index is 0.0274. The summed E-state index contributed by atoms with van der Waals surface area (Å²) in [7, 11) is 0. The second-order valence-electron chi connectivity index (χ2n) is 10.4. The quantitative estimate of drug-likeness (QED) is 0.428. The van der Waals surface area contributed by atoms with Crippen LogP contribution in [0.15, 0.2) is 58.3 Å². The zero-order chi connectivity index (χ0) is 29.1. The van der Waals surface area contributed by atoms with Gasteiger partial charge in [0.1, 0.15) is 6.54 Å². The van der Waals surface area contributed by atoms with E-state index in [0.29, 0.717) is 44.6 Å². The van der Waals surface area contributed by atoms with Gasteiger partial charge in [0, 0.05) is 49.7 Å². The van der Waals surface area contributed by atoms with Crippen LogP contribution in [0.1, 0.15) is 24.0 Å². The fourth-order valence-corrected chi connectivity index (χ4v) is 6.07. The van der Waals surface area contributed by atoms with E-state index >= 15 is 0 Å². The van der Waals surface area contributed by atoms with E-state index in [0.717, 1.165) is 33.4 Å². The third-order valence-electron chi connectivity index (χ3n) is 7.96. The predicted octanol–water partition coefficient (Wildman–Crippen LogP) is 2.94. The smallest absolute Gasteiger partial charge is 0.331 e. The highest BCUT2D eigenvalue weighted by molar-refractivity contribution is 7.98. The highest BCUT2D eigenvalue weighted by Crippen LogP contribution is 2.24.